The van der Waals surface area contributed by atoms with Crippen molar-refractivity contribution >= 4 is 28.8 Å². The molecule has 3 aromatic rings. The molecule has 0 aliphatic heterocycles. The molecular weight excluding hydrogens is 304 g/mol. The molecule has 1 amide bonds. The van der Waals surface area contributed by atoms with Gasteiger partial charge in [0.05, 0.1) is 11.4 Å². The van der Waals surface area contributed by atoms with Crippen LogP contribution in [0.1, 0.15) is 20.9 Å². The molecule has 5 nitrogen and oxygen atoms in total. The highest BCUT2D eigenvalue weighted by molar-refractivity contribution is 7.08. The molecule has 0 fully saturated rings. The Morgan fingerprint density at radius 2 is 2.29 bits per heavy atom. The monoisotopic (exact) mass is 316 g/mol. The molecule has 1 N–H and O–H groups in total. The lowest BCUT2D eigenvalue weighted by Gasteiger charge is -2.08. The number of rotatable bonds is 4. The molecule has 0 saturated carbocycles. The highest BCUT2D eigenvalue weighted by atomic mass is 32.1. The van der Waals surface area contributed by atoms with E-state index in [1.54, 1.807) is 24.5 Å². The average Bonchev–Trinajstić information content (AvgIpc) is 3.16. The molecule has 3 rings (SSSR count). The highest BCUT2D eigenvalue weighted by Gasteiger charge is 2.14. The second kappa shape index (κ2) is 6.11. The second-order valence-electron chi connectivity index (χ2n) is 4.39. The Kier molecular flexibility index (Phi) is 4.03. The molecule has 0 radical (unpaired) electrons. The minimum absolute atomic E-state index is 0.150. The third kappa shape index (κ3) is 2.98. The Balaban J connectivity index is 1.77. The molecule has 0 bridgehead atoms. The molecule has 3 aromatic heterocycles. The van der Waals surface area contributed by atoms with E-state index in [1.165, 1.54) is 0 Å². The van der Waals surface area contributed by atoms with Crippen LogP contribution >= 0.6 is 22.9 Å². The number of aromatic nitrogens is 3. The van der Waals surface area contributed by atoms with Crippen LogP contribution in [0.4, 0.5) is 0 Å². The molecule has 0 atom stereocenters. The minimum Gasteiger partial charge on any atom is -0.347 e. The van der Waals surface area contributed by atoms with Crippen molar-refractivity contribution in [3.05, 3.63) is 51.3 Å². The van der Waals surface area contributed by atoms with Crippen molar-refractivity contribution in [2.75, 3.05) is 0 Å². The van der Waals surface area contributed by atoms with Gasteiger partial charge in [-0.15, -0.1) is 5.10 Å². The van der Waals surface area contributed by atoms with Gasteiger partial charge in [0.15, 0.2) is 0 Å². The summed E-state index contributed by atoms with van der Waals surface area (Å²) in [5.41, 5.74) is 3.61. The maximum atomic E-state index is 12.1. The van der Waals surface area contributed by atoms with Gasteiger partial charge in [-0.2, -0.15) is 11.3 Å². The first-order valence-electron chi connectivity index (χ1n) is 6.29. The van der Waals surface area contributed by atoms with Gasteiger partial charge in [-0.3, -0.25) is 9.78 Å². The van der Waals surface area contributed by atoms with Crippen molar-refractivity contribution < 1.29 is 4.79 Å². The summed E-state index contributed by atoms with van der Waals surface area (Å²) in [5, 5.41) is 10.8. The lowest BCUT2D eigenvalue weighted by Crippen LogP contribution is -2.23. The van der Waals surface area contributed by atoms with Crippen LogP contribution in [-0.4, -0.2) is 20.5 Å². The zero-order chi connectivity index (χ0) is 14.7. The van der Waals surface area contributed by atoms with Crippen LogP contribution in [0.25, 0.3) is 11.3 Å². The van der Waals surface area contributed by atoms with E-state index >= 15 is 0 Å². The maximum absolute atomic E-state index is 12.1. The van der Waals surface area contributed by atoms with Crippen molar-refractivity contribution in [3.63, 3.8) is 0 Å². The number of hydrogen-bond donors (Lipinski definition) is 1. The van der Waals surface area contributed by atoms with Crippen LogP contribution in [0.3, 0.4) is 0 Å². The molecule has 0 aliphatic carbocycles. The molecular formula is C14H12N4OS2. The van der Waals surface area contributed by atoms with Gasteiger partial charge in [0.2, 0.25) is 0 Å². The van der Waals surface area contributed by atoms with Gasteiger partial charge in [-0.1, -0.05) is 10.6 Å². The number of amides is 1. The smallest absolute Gasteiger partial charge is 0.265 e. The van der Waals surface area contributed by atoms with Crippen LogP contribution in [0.5, 0.6) is 0 Å². The van der Waals surface area contributed by atoms with Crippen molar-refractivity contribution in [1.82, 2.24) is 19.9 Å². The number of aryl methyl sites for hydroxylation is 1. The lowest BCUT2D eigenvalue weighted by molar-refractivity contribution is 0.0954. The first kappa shape index (κ1) is 13.8. The van der Waals surface area contributed by atoms with Crippen molar-refractivity contribution in [2.24, 2.45) is 0 Å². The summed E-state index contributed by atoms with van der Waals surface area (Å²) in [6.07, 6.45) is 1.76. The van der Waals surface area contributed by atoms with Crippen LogP contribution < -0.4 is 5.32 Å². The minimum atomic E-state index is -0.150. The fraction of sp³-hybridized carbons (Fsp3) is 0.143. The van der Waals surface area contributed by atoms with Gasteiger partial charge < -0.3 is 5.32 Å². The summed E-state index contributed by atoms with van der Waals surface area (Å²) in [6.45, 7) is 2.20. The van der Waals surface area contributed by atoms with Crippen LogP contribution in [0, 0.1) is 6.92 Å². The molecule has 106 valence electrons. The summed E-state index contributed by atoms with van der Waals surface area (Å²) >= 11 is 2.73. The molecule has 0 aromatic carbocycles. The standard InChI is InChI=1S/C14H12N4OS2/c1-9-13(21-18-17-9)14(19)16-7-10-3-2-5-15-12(10)11-4-6-20-8-11/h2-6,8H,7H2,1H3,(H,16,19). The Labute approximate surface area is 129 Å². The summed E-state index contributed by atoms with van der Waals surface area (Å²) in [7, 11) is 0. The third-order valence-corrected chi connectivity index (χ3v) is 4.49. The van der Waals surface area contributed by atoms with Gasteiger partial charge in [0.1, 0.15) is 4.88 Å². The average molecular weight is 316 g/mol. The van der Waals surface area contributed by atoms with E-state index in [-0.39, 0.29) is 5.91 Å². The predicted octanol–water partition coefficient (Wildman–Crippen LogP) is 2.90. The van der Waals surface area contributed by atoms with Crippen molar-refractivity contribution in [1.29, 1.82) is 0 Å². The van der Waals surface area contributed by atoms with Crippen molar-refractivity contribution in [2.45, 2.75) is 13.5 Å². The number of nitrogens with one attached hydrogen (secondary N) is 1. The maximum Gasteiger partial charge on any atom is 0.265 e. The van der Waals surface area contributed by atoms with E-state index in [1.807, 2.05) is 29.0 Å². The Morgan fingerprint density at radius 1 is 1.38 bits per heavy atom. The number of carbonyl (C=O) groups excluding carboxylic acids is 1. The van der Waals surface area contributed by atoms with Gasteiger partial charge in [-0.05, 0) is 41.5 Å². The Hall–Kier alpha value is -2.12. The largest absolute Gasteiger partial charge is 0.347 e. The first-order chi connectivity index (χ1) is 10.3. The fourth-order valence-corrected chi connectivity index (χ4v) is 3.15. The molecule has 7 heteroatoms. The van der Waals surface area contributed by atoms with Gasteiger partial charge in [0.25, 0.3) is 5.91 Å². The number of pyridine rings is 1. The number of thiophene rings is 1. The SMILES string of the molecule is Cc1nnsc1C(=O)NCc1cccnc1-c1ccsc1. The number of nitrogens with zero attached hydrogens (tertiary/aromatic N) is 3. The van der Waals surface area contributed by atoms with Crippen LogP contribution in [0.2, 0.25) is 0 Å². The first-order valence-corrected chi connectivity index (χ1v) is 8.01. The summed E-state index contributed by atoms with van der Waals surface area (Å²) in [4.78, 5) is 17.1. The Morgan fingerprint density at radius 3 is 3.00 bits per heavy atom. The van der Waals surface area contributed by atoms with E-state index in [0.29, 0.717) is 17.1 Å². The summed E-state index contributed by atoms with van der Waals surface area (Å²) in [6, 6.07) is 5.87. The topological polar surface area (TPSA) is 67.8 Å². The summed E-state index contributed by atoms with van der Waals surface area (Å²) in [5.74, 6) is -0.150. The number of hydrogen-bond acceptors (Lipinski definition) is 6. The van der Waals surface area contributed by atoms with E-state index in [0.717, 1.165) is 28.4 Å². The molecule has 0 aliphatic rings. The Bertz CT molecular complexity index is 752. The molecule has 0 saturated heterocycles. The van der Waals surface area contributed by atoms with Gasteiger partial charge >= 0.3 is 0 Å². The lowest BCUT2D eigenvalue weighted by atomic mass is 10.1. The third-order valence-electron chi connectivity index (χ3n) is 2.98. The van der Waals surface area contributed by atoms with Gasteiger partial charge in [0, 0.05) is 23.7 Å². The van der Waals surface area contributed by atoms with Crippen molar-refractivity contribution in [3.8, 4) is 11.3 Å². The van der Waals surface area contributed by atoms with Crippen LogP contribution in [-0.2, 0) is 6.54 Å². The molecule has 0 unspecified atom stereocenters. The van der Waals surface area contributed by atoms with Crippen LogP contribution in [0.15, 0.2) is 35.2 Å². The predicted molar refractivity (Wildman–Crippen MR) is 83.4 cm³/mol. The molecule has 0 spiro atoms. The highest BCUT2D eigenvalue weighted by Crippen LogP contribution is 2.23. The summed E-state index contributed by atoms with van der Waals surface area (Å²) < 4.78 is 3.78. The normalized spacial score (nSPS) is 10.5. The quantitative estimate of drug-likeness (QED) is 0.803. The van der Waals surface area contributed by atoms with E-state index in [4.69, 9.17) is 0 Å². The zero-order valence-electron chi connectivity index (χ0n) is 11.2. The van der Waals surface area contributed by atoms with E-state index < -0.39 is 0 Å². The number of carbonyl (C=O) groups is 1. The fourth-order valence-electron chi connectivity index (χ4n) is 1.94. The molecule has 21 heavy (non-hydrogen) atoms. The second-order valence-corrected chi connectivity index (χ2v) is 5.93. The van der Waals surface area contributed by atoms with E-state index in [2.05, 4.69) is 19.9 Å². The van der Waals surface area contributed by atoms with Gasteiger partial charge in [-0.25, -0.2) is 0 Å². The zero-order valence-corrected chi connectivity index (χ0v) is 12.9. The molecule has 3 heterocycles. The van der Waals surface area contributed by atoms with E-state index in [9.17, 15) is 4.79 Å².